The van der Waals surface area contributed by atoms with Gasteiger partial charge < -0.3 is 4.90 Å². The lowest BCUT2D eigenvalue weighted by Crippen LogP contribution is -2.25. The molecule has 0 saturated heterocycles. The molecular formula is C16H29BrN2. The lowest BCUT2D eigenvalue weighted by Gasteiger charge is -2.22. The van der Waals surface area contributed by atoms with E-state index in [1.54, 1.807) is 0 Å². The minimum Gasteiger partial charge on any atom is -0.332 e. The van der Waals surface area contributed by atoms with Gasteiger partial charge in [-0.1, -0.05) is 56.0 Å². The lowest BCUT2D eigenvalue weighted by atomic mass is 9.95. The molecule has 2 nitrogen and oxygen atoms in total. The molecule has 1 unspecified atom stereocenters. The van der Waals surface area contributed by atoms with Crippen molar-refractivity contribution in [1.29, 1.82) is 0 Å². The third-order valence-electron chi connectivity index (χ3n) is 3.90. The number of amidine groups is 1. The summed E-state index contributed by atoms with van der Waals surface area (Å²) in [6.07, 6.45) is 6.53. The van der Waals surface area contributed by atoms with Gasteiger partial charge in [-0.2, -0.15) is 0 Å². The normalized spacial score (nSPS) is 18.1. The van der Waals surface area contributed by atoms with E-state index >= 15 is 0 Å². The van der Waals surface area contributed by atoms with Crippen molar-refractivity contribution in [2.75, 3.05) is 13.1 Å². The van der Waals surface area contributed by atoms with Gasteiger partial charge in [0.25, 0.3) is 0 Å². The standard InChI is InChI=1S/C16H29BrN2/c1-13(2)6-5-7-14(3)8-9-16(12-17)19-11-10-18-15(19)4/h12-14H,5-11H2,1-4H3/b16-12-. The molecule has 3 heteroatoms. The first kappa shape index (κ1) is 16.7. The zero-order valence-corrected chi connectivity index (χ0v) is 14.5. The van der Waals surface area contributed by atoms with Crippen molar-refractivity contribution in [2.24, 2.45) is 16.8 Å². The quantitative estimate of drug-likeness (QED) is 0.598. The molecule has 1 atom stereocenters. The van der Waals surface area contributed by atoms with Crippen molar-refractivity contribution < 1.29 is 0 Å². The molecule has 0 N–H and O–H groups in total. The van der Waals surface area contributed by atoms with Gasteiger partial charge in [-0.3, -0.25) is 4.99 Å². The average molecular weight is 329 g/mol. The van der Waals surface area contributed by atoms with E-state index in [1.165, 1.54) is 31.4 Å². The maximum Gasteiger partial charge on any atom is 0.100 e. The van der Waals surface area contributed by atoms with Crippen molar-refractivity contribution in [3.8, 4) is 0 Å². The molecule has 0 saturated carbocycles. The summed E-state index contributed by atoms with van der Waals surface area (Å²) < 4.78 is 0. The Morgan fingerprint density at radius 2 is 2.05 bits per heavy atom. The van der Waals surface area contributed by atoms with Crippen LogP contribution in [0.4, 0.5) is 0 Å². The van der Waals surface area contributed by atoms with Crippen molar-refractivity contribution >= 4 is 21.8 Å². The first-order chi connectivity index (χ1) is 9.04. The summed E-state index contributed by atoms with van der Waals surface area (Å²) >= 11 is 3.52. The van der Waals surface area contributed by atoms with Gasteiger partial charge in [-0.15, -0.1) is 0 Å². The van der Waals surface area contributed by atoms with Crippen LogP contribution in [0.2, 0.25) is 0 Å². The van der Waals surface area contributed by atoms with Crippen molar-refractivity contribution in [1.82, 2.24) is 4.90 Å². The molecule has 0 amide bonds. The zero-order chi connectivity index (χ0) is 14.3. The lowest BCUT2D eigenvalue weighted by molar-refractivity contribution is 0.419. The summed E-state index contributed by atoms with van der Waals surface area (Å²) in [6, 6.07) is 0. The first-order valence-corrected chi connectivity index (χ1v) is 8.54. The van der Waals surface area contributed by atoms with E-state index in [1.807, 2.05) is 0 Å². The van der Waals surface area contributed by atoms with Crippen LogP contribution < -0.4 is 0 Å². The van der Waals surface area contributed by atoms with Crippen LogP contribution in [-0.4, -0.2) is 23.8 Å². The summed E-state index contributed by atoms with van der Waals surface area (Å²) in [6.45, 7) is 11.1. The molecule has 1 heterocycles. The predicted molar refractivity (Wildman–Crippen MR) is 88.8 cm³/mol. The Bertz CT molecular complexity index is 321. The molecule has 1 rings (SSSR count). The van der Waals surface area contributed by atoms with Crippen molar-refractivity contribution in [3.05, 3.63) is 10.7 Å². The topological polar surface area (TPSA) is 15.6 Å². The number of allylic oxidation sites excluding steroid dienone is 1. The van der Waals surface area contributed by atoms with Gasteiger partial charge in [-0.05, 0) is 31.6 Å². The molecule has 1 aliphatic heterocycles. The SMILES string of the molecule is CC1=NCCN1/C(=C\Br)CCC(C)CCCC(C)C. The molecule has 0 fully saturated rings. The van der Waals surface area contributed by atoms with Gasteiger partial charge in [0, 0.05) is 17.2 Å². The van der Waals surface area contributed by atoms with E-state index < -0.39 is 0 Å². The Kier molecular flexibility index (Phi) is 7.74. The first-order valence-electron chi connectivity index (χ1n) is 7.62. The summed E-state index contributed by atoms with van der Waals surface area (Å²) in [5, 5.41) is 0. The summed E-state index contributed by atoms with van der Waals surface area (Å²) in [5.74, 6) is 2.83. The highest BCUT2D eigenvalue weighted by molar-refractivity contribution is 9.11. The van der Waals surface area contributed by atoms with Crippen molar-refractivity contribution in [3.63, 3.8) is 0 Å². The smallest absolute Gasteiger partial charge is 0.100 e. The predicted octanol–water partition coefficient (Wildman–Crippen LogP) is 5.20. The van der Waals surface area contributed by atoms with Gasteiger partial charge in [0.1, 0.15) is 5.84 Å². The van der Waals surface area contributed by atoms with E-state index in [0.717, 1.165) is 37.2 Å². The minimum atomic E-state index is 0.820. The maximum absolute atomic E-state index is 4.46. The molecule has 1 aliphatic rings. The number of rotatable bonds is 8. The monoisotopic (exact) mass is 328 g/mol. The highest BCUT2D eigenvalue weighted by Gasteiger charge is 2.17. The summed E-state index contributed by atoms with van der Waals surface area (Å²) in [5.41, 5.74) is 1.38. The molecule has 0 spiro atoms. The van der Waals surface area contributed by atoms with Crippen molar-refractivity contribution in [2.45, 2.75) is 59.8 Å². The van der Waals surface area contributed by atoms with E-state index in [2.05, 4.69) is 58.5 Å². The van der Waals surface area contributed by atoms with Gasteiger partial charge in [0.05, 0.1) is 6.54 Å². The average Bonchev–Trinajstić information content (AvgIpc) is 2.76. The second-order valence-electron chi connectivity index (χ2n) is 6.15. The van der Waals surface area contributed by atoms with Gasteiger partial charge in [-0.25, -0.2) is 0 Å². The fraction of sp³-hybridized carbons (Fsp3) is 0.812. The molecule has 110 valence electrons. The molecular weight excluding hydrogens is 300 g/mol. The Hall–Kier alpha value is -0.310. The zero-order valence-electron chi connectivity index (χ0n) is 13.0. The van der Waals surface area contributed by atoms with Crippen LogP contribution >= 0.6 is 15.9 Å². The molecule has 0 radical (unpaired) electrons. The van der Waals surface area contributed by atoms with Gasteiger partial charge in [0.2, 0.25) is 0 Å². The van der Waals surface area contributed by atoms with Crippen LogP contribution in [0.1, 0.15) is 59.8 Å². The van der Waals surface area contributed by atoms with E-state index in [9.17, 15) is 0 Å². The van der Waals surface area contributed by atoms with E-state index in [-0.39, 0.29) is 0 Å². The molecule has 0 aromatic rings. The van der Waals surface area contributed by atoms with Crippen LogP contribution in [0.25, 0.3) is 0 Å². The largest absolute Gasteiger partial charge is 0.332 e. The van der Waals surface area contributed by atoms with E-state index in [4.69, 9.17) is 0 Å². The third-order valence-corrected chi connectivity index (χ3v) is 4.43. The number of hydrogen-bond donors (Lipinski definition) is 0. The Morgan fingerprint density at radius 3 is 2.58 bits per heavy atom. The Balaban J connectivity index is 2.28. The fourth-order valence-electron chi connectivity index (χ4n) is 2.57. The Morgan fingerprint density at radius 1 is 1.32 bits per heavy atom. The summed E-state index contributed by atoms with van der Waals surface area (Å²) in [7, 11) is 0. The van der Waals surface area contributed by atoms with E-state index in [0.29, 0.717) is 0 Å². The highest BCUT2D eigenvalue weighted by atomic mass is 79.9. The highest BCUT2D eigenvalue weighted by Crippen LogP contribution is 2.23. The summed E-state index contributed by atoms with van der Waals surface area (Å²) in [4.78, 5) is 8.89. The second-order valence-corrected chi connectivity index (χ2v) is 6.61. The number of hydrogen-bond acceptors (Lipinski definition) is 2. The minimum absolute atomic E-state index is 0.820. The molecule has 19 heavy (non-hydrogen) atoms. The third kappa shape index (κ3) is 6.11. The number of nitrogens with zero attached hydrogens (tertiary/aromatic N) is 2. The number of halogens is 1. The second kappa shape index (κ2) is 8.78. The molecule has 0 aromatic heterocycles. The maximum atomic E-state index is 4.46. The fourth-order valence-corrected chi connectivity index (χ4v) is 3.05. The van der Waals surface area contributed by atoms with Crippen LogP contribution in [0, 0.1) is 11.8 Å². The molecule has 0 bridgehead atoms. The Labute approximate surface area is 127 Å². The molecule has 0 aromatic carbocycles. The van der Waals surface area contributed by atoms with Crippen LogP contribution in [0.15, 0.2) is 15.7 Å². The van der Waals surface area contributed by atoms with Crippen LogP contribution in [0.5, 0.6) is 0 Å². The van der Waals surface area contributed by atoms with Gasteiger partial charge in [0.15, 0.2) is 0 Å². The van der Waals surface area contributed by atoms with Gasteiger partial charge >= 0.3 is 0 Å². The number of aliphatic imine (C=N–C) groups is 1. The van der Waals surface area contributed by atoms with Crippen LogP contribution in [0.3, 0.4) is 0 Å². The molecule has 0 aliphatic carbocycles. The van der Waals surface area contributed by atoms with Crippen LogP contribution in [-0.2, 0) is 0 Å².